The normalized spacial score (nSPS) is 14.9. The SMILES string of the molecule is COc1ccc([C@H]2CC(c3nnn(-c4ccc(C)cc4)c3C)=NN2c2nc(-c3ccccc3)cs2)cc1OC. The Morgan fingerprint density at radius 3 is 2.41 bits per heavy atom. The number of anilines is 1. The highest BCUT2D eigenvalue weighted by atomic mass is 32.1. The number of hydrogen-bond acceptors (Lipinski definition) is 8. The molecule has 0 fully saturated rings. The van der Waals surface area contributed by atoms with Crippen molar-refractivity contribution in [1.29, 1.82) is 0 Å². The summed E-state index contributed by atoms with van der Waals surface area (Å²) in [5.74, 6) is 1.36. The van der Waals surface area contributed by atoms with Gasteiger partial charge < -0.3 is 9.47 Å². The first-order chi connectivity index (χ1) is 19.1. The van der Waals surface area contributed by atoms with Gasteiger partial charge in [0.1, 0.15) is 5.69 Å². The van der Waals surface area contributed by atoms with E-state index in [0.717, 1.165) is 44.7 Å². The van der Waals surface area contributed by atoms with Crippen molar-refractivity contribution in [2.24, 2.45) is 5.10 Å². The van der Waals surface area contributed by atoms with Crippen LogP contribution >= 0.6 is 11.3 Å². The van der Waals surface area contributed by atoms with Crippen molar-refractivity contribution in [2.45, 2.75) is 26.3 Å². The van der Waals surface area contributed by atoms with E-state index in [2.05, 4.69) is 65.1 Å². The minimum absolute atomic E-state index is 0.0986. The maximum Gasteiger partial charge on any atom is 0.207 e. The fraction of sp³-hybridized carbons (Fsp3) is 0.200. The average Bonchev–Trinajstić information content (AvgIpc) is 3.72. The van der Waals surface area contributed by atoms with Crippen molar-refractivity contribution in [3.63, 3.8) is 0 Å². The molecule has 3 heterocycles. The van der Waals surface area contributed by atoms with Crippen LogP contribution in [0.1, 0.15) is 35.0 Å². The smallest absolute Gasteiger partial charge is 0.207 e. The topological polar surface area (TPSA) is 77.7 Å². The molecule has 0 radical (unpaired) electrons. The van der Waals surface area contributed by atoms with Gasteiger partial charge in [0, 0.05) is 17.4 Å². The van der Waals surface area contributed by atoms with Crippen LogP contribution in [0.3, 0.4) is 0 Å². The molecule has 0 spiro atoms. The maximum atomic E-state index is 5.61. The summed E-state index contributed by atoms with van der Waals surface area (Å²) >= 11 is 1.57. The maximum absolute atomic E-state index is 5.61. The molecule has 0 bridgehead atoms. The summed E-state index contributed by atoms with van der Waals surface area (Å²) in [6.07, 6.45) is 0.642. The summed E-state index contributed by atoms with van der Waals surface area (Å²) in [6.45, 7) is 4.10. The van der Waals surface area contributed by atoms with E-state index < -0.39 is 0 Å². The third-order valence-electron chi connectivity index (χ3n) is 6.91. The summed E-state index contributed by atoms with van der Waals surface area (Å²) in [6, 6.07) is 24.3. The number of nitrogens with zero attached hydrogens (tertiary/aromatic N) is 6. The van der Waals surface area contributed by atoms with Gasteiger partial charge in [-0.3, -0.25) is 0 Å². The summed E-state index contributed by atoms with van der Waals surface area (Å²) in [4.78, 5) is 4.97. The van der Waals surface area contributed by atoms with Crippen LogP contribution in [0, 0.1) is 13.8 Å². The lowest BCUT2D eigenvalue weighted by Gasteiger charge is -2.22. The van der Waals surface area contributed by atoms with Gasteiger partial charge in [0.05, 0.1) is 43.0 Å². The molecule has 0 aliphatic carbocycles. The third kappa shape index (κ3) is 4.66. The molecule has 2 aromatic heterocycles. The first-order valence-electron chi connectivity index (χ1n) is 12.6. The molecule has 0 amide bonds. The van der Waals surface area contributed by atoms with Gasteiger partial charge in [0.25, 0.3) is 0 Å². The van der Waals surface area contributed by atoms with Crippen molar-refractivity contribution < 1.29 is 9.47 Å². The second-order valence-electron chi connectivity index (χ2n) is 9.38. The van der Waals surface area contributed by atoms with Crippen LogP contribution < -0.4 is 14.5 Å². The Morgan fingerprint density at radius 1 is 0.897 bits per heavy atom. The molecule has 196 valence electrons. The Hall–Kier alpha value is -4.50. The fourth-order valence-electron chi connectivity index (χ4n) is 4.79. The Balaban J connectivity index is 1.40. The highest BCUT2D eigenvalue weighted by molar-refractivity contribution is 7.14. The van der Waals surface area contributed by atoms with Crippen LogP contribution in [-0.4, -0.2) is 39.9 Å². The van der Waals surface area contributed by atoms with E-state index >= 15 is 0 Å². The van der Waals surface area contributed by atoms with E-state index in [9.17, 15) is 0 Å². The minimum Gasteiger partial charge on any atom is -0.493 e. The number of hydrazone groups is 1. The lowest BCUT2D eigenvalue weighted by atomic mass is 10.00. The molecule has 1 aliphatic rings. The quantitative estimate of drug-likeness (QED) is 0.240. The number of benzene rings is 3. The standard InChI is InChI=1S/C30H28N6O2S/c1-19-10-13-23(14-11-19)35-20(2)29(32-34-35)24-17-26(22-12-15-27(37-3)28(16-22)38-4)36(33-24)30-31-25(18-39-30)21-8-6-5-7-9-21/h5-16,18,26H,17H2,1-4H3/t26-/m1/s1. The zero-order valence-electron chi connectivity index (χ0n) is 22.2. The van der Waals surface area contributed by atoms with Crippen LogP contribution in [0.15, 0.2) is 83.3 Å². The molecule has 1 atom stereocenters. The molecule has 39 heavy (non-hydrogen) atoms. The van der Waals surface area contributed by atoms with Crippen molar-refractivity contribution in [2.75, 3.05) is 19.2 Å². The zero-order chi connectivity index (χ0) is 26.9. The van der Waals surface area contributed by atoms with Crippen LogP contribution in [-0.2, 0) is 0 Å². The van der Waals surface area contributed by atoms with E-state index in [0.29, 0.717) is 17.9 Å². The number of aromatic nitrogens is 4. The molecule has 6 rings (SSSR count). The van der Waals surface area contributed by atoms with Gasteiger partial charge in [0.15, 0.2) is 11.5 Å². The number of rotatable bonds is 7. The Bertz CT molecular complexity index is 1640. The molecule has 0 saturated heterocycles. The van der Waals surface area contributed by atoms with E-state index in [1.807, 2.05) is 46.9 Å². The van der Waals surface area contributed by atoms with Gasteiger partial charge in [-0.05, 0) is 43.7 Å². The Labute approximate surface area is 231 Å². The van der Waals surface area contributed by atoms with Gasteiger partial charge in [-0.1, -0.05) is 59.3 Å². The van der Waals surface area contributed by atoms with E-state index in [1.165, 1.54) is 5.56 Å². The number of thiazole rings is 1. The summed E-state index contributed by atoms with van der Waals surface area (Å²) in [7, 11) is 3.29. The number of ether oxygens (including phenoxy) is 2. The van der Waals surface area contributed by atoms with Crippen molar-refractivity contribution in [3.05, 3.63) is 101 Å². The molecule has 0 N–H and O–H groups in total. The van der Waals surface area contributed by atoms with Crippen LogP contribution in [0.4, 0.5) is 5.13 Å². The third-order valence-corrected chi connectivity index (χ3v) is 7.74. The molecule has 3 aromatic carbocycles. The van der Waals surface area contributed by atoms with Crippen molar-refractivity contribution in [1.82, 2.24) is 20.0 Å². The average molecular weight is 537 g/mol. The van der Waals surface area contributed by atoms with Crippen molar-refractivity contribution in [3.8, 4) is 28.4 Å². The van der Waals surface area contributed by atoms with Crippen molar-refractivity contribution >= 4 is 22.2 Å². The Morgan fingerprint density at radius 2 is 1.67 bits per heavy atom. The first kappa shape index (κ1) is 24.8. The number of hydrogen-bond donors (Lipinski definition) is 0. The van der Waals surface area contributed by atoms with Gasteiger partial charge in [-0.2, -0.15) is 5.10 Å². The predicted octanol–water partition coefficient (Wildman–Crippen LogP) is 6.38. The van der Waals surface area contributed by atoms with E-state index in [1.54, 1.807) is 25.6 Å². The molecule has 9 heteroatoms. The van der Waals surface area contributed by atoms with Gasteiger partial charge in [-0.15, -0.1) is 16.4 Å². The number of aryl methyl sites for hydroxylation is 1. The van der Waals surface area contributed by atoms with E-state index in [-0.39, 0.29) is 6.04 Å². The summed E-state index contributed by atoms with van der Waals surface area (Å²) in [5.41, 5.74) is 7.79. The van der Waals surface area contributed by atoms with Crippen LogP contribution in [0.2, 0.25) is 0 Å². The molecule has 0 saturated carbocycles. The summed E-state index contributed by atoms with van der Waals surface area (Å²) < 4.78 is 13.0. The van der Waals surface area contributed by atoms with Gasteiger partial charge >= 0.3 is 0 Å². The molecular weight excluding hydrogens is 508 g/mol. The summed E-state index contributed by atoms with van der Waals surface area (Å²) in [5, 5.41) is 19.0. The van der Waals surface area contributed by atoms with Gasteiger partial charge in [-0.25, -0.2) is 14.7 Å². The molecule has 8 nitrogen and oxygen atoms in total. The lowest BCUT2D eigenvalue weighted by Crippen LogP contribution is -2.18. The second kappa shape index (κ2) is 10.3. The number of methoxy groups -OCH3 is 2. The van der Waals surface area contributed by atoms with Crippen LogP contribution in [0.5, 0.6) is 11.5 Å². The first-order valence-corrected chi connectivity index (χ1v) is 13.5. The zero-order valence-corrected chi connectivity index (χ0v) is 23.0. The van der Waals surface area contributed by atoms with Gasteiger partial charge in [0.2, 0.25) is 5.13 Å². The molecular formula is C30H28N6O2S. The minimum atomic E-state index is -0.0986. The predicted molar refractivity (Wildman–Crippen MR) is 154 cm³/mol. The molecule has 1 aliphatic heterocycles. The second-order valence-corrected chi connectivity index (χ2v) is 10.2. The fourth-order valence-corrected chi connectivity index (χ4v) is 5.62. The lowest BCUT2D eigenvalue weighted by molar-refractivity contribution is 0.354. The molecule has 0 unspecified atom stereocenters. The Kier molecular flexibility index (Phi) is 6.58. The monoisotopic (exact) mass is 536 g/mol. The van der Waals surface area contributed by atoms with Crippen LogP contribution in [0.25, 0.3) is 16.9 Å². The van der Waals surface area contributed by atoms with E-state index in [4.69, 9.17) is 19.6 Å². The molecule has 5 aromatic rings. The largest absolute Gasteiger partial charge is 0.493 e. The highest BCUT2D eigenvalue weighted by Gasteiger charge is 2.34. The highest BCUT2D eigenvalue weighted by Crippen LogP contribution is 2.41.